The molecule has 1 unspecified atom stereocenters. The third kappa shape index (κ3) is 1.90. The molecule has 0 bridgehead atoms. The molecule has 3 heteroatoms. The lowest BCUT2D eigenvalue weighted by Gasteiger charge is -2.29. The summed E-state index contributed by atoms with van der Waals surface area (Å²) in [4.78, 5) is 14.5. The van der Waals surface area contributed by atoms with Gasteiger partial charge in [-0.3, -0.25) is 4.79 Å². The molecule has 17 heavy (non-hydrogen) atoms. The van der Waals surface area contributed by atoms with Gasteiger partial charge in [0, 0.05) is 25.3 Å². The molecule has 0 saturated carbocycles. The fourth-order valence-electron chi connectivity index (χ4n) is 2.88. The normalized spacial score (nSPS) is 23.1. The van der Waals surface area contributed by atoms with Crippen LogP contribution in [0.3, 0.4) is 0 Å². The van der Waals surface area contributed by atoms with Crippen molar-refractivity contribution in [3.63, 3.8) is 0 Å². The van der Waals surface area contributed by atoms with Crippen LogP contribution in [-0.2, 0) is 4.79 Å². The molecule has 0 spiro atoms. The highest BCUT2D eigenvalue weighted by molar-refractivity contribution is 5.86. The van der Waals surface area contributed by atoms with Crippen LogP contribution in [0.1, 0.15) is 30.7 Å². The van der Waals surface area contributed by atoms with Crippen LogP contribution in [-0.4, -0.2) is 30.4 Å². The molecule has 1 amide bonds. The zero-order valence-electron chi connectivity index (χ0n) is 9.98. The number of nitrogens with one attached hydrogen (secondary N) is 1. The van der Waals surface area contributed by atoms with Crippen LogP contribution in [0.25, 0.3) is 0 Å². The average Bonchev–Trinajstić information content (AvgIpc) is 2.91. The first kappa shape index (κ1) is 10.6. The Kier molecular flexibility index (Phi) is 2.75. The van der Waals surface area contributed by atoms with Crippen LogP contribution in [0, 0.1) is 0 Å². The van der Waals surface area contributed by atoms with Gasteiger partial charge in [0.15, 0.2) is 0 Å². The lowest BCUT2D eigenvalue weighted by Crippen LogP contribution is -2.35. The van der Waals surface area contributed by atoms with Crippen LogP contribution < -0.4 is 5.32 Å². The number of likely N-dealkylation sites (tertiary alicyclic amines) is 1. The SMILES string of the molecule is O=C(C1CCNc2ccccc21)N1CCCC1. The Hall–Kier alpha value is -1.51. The lowest BCUT2D eigenvalue weighted by molar-refractivity contribution is -0.131. The molecular weight excluding hydrogens is 212 g/mol. The first-order chi connectivity index (χ1) is 8.36. The van der Waals surface area contributed by atoms with Gasteiger partial charge in [0.05, 0.1) is 5.92 Å². The highest BCUT2D eigenvalue weighted by Crippen LogP contribution is 2.33. The Labute approximate surface area is 102 Å². The van der Waals surface area contributed by atoms with Crippen LogP contribution in [0.15, 0.2) is 24.3 Å². The second-order valence-corrected chi connectivity index (χ2v) is 4.89. The number of para-hydroxylation sites is 1. The second-order valence-electron chi connectivity index (χ2n) is 4.89. The third-order valence-electron chi connectivity index (χ3n) is 3.80. The lowest BCUT2D eigenvalue weighted by atomic mass is 9.90. The Morgan fingerprint density at radius 2 is 2.00 bits per heavy atom. The van der Waals surface area contributed by atoms with Crippen LogP contribution >= 0.6 is 0 Å². The summed E-state index contributed by atoms with van der Waals surface area (Å²) in [5.41, 5.74) is 2.31. The van der Waals surface area contributed by atoms with Gasteiger partial charge in [0.25, 0.3) is 0 Å². The summed E-state index contributed by atoms with van der Waals surface area (Å²) in [7, 11) is 0. The van der Waals surface area contributed by atoms with E-state index in [1.54, 1.807) is 0 Å². The second kappa shape index (κ2) is 4.40. The van der Waals surface area contributed by atoms with Gasteiger partial charge >= 0.3 is 0 Å². The van der Waals surface area contributed by atoms with Gasteiger partial charge < -0.3 is 10.2 Å². The molecule has 0 aliphatic carbocycles. The fraction of sp³-hybridized carbons (Fsp3) is 0.500. The zero-order valence-corrected chi connectivity index (χ0v) is 9.98. The molecule has 0 radical (unpaired) electrons. The Balaban J connectivity index is 1.86. The minimum absolute atomic E-state index is 0.0746. The summed E-state index contributed by atoms with van der Waals surface area (Å²) in [5.74, 6) is 0.405. The summed E-state index contributed by atoms with van der Waals surface area (Å²) in [5, 5.41) is 3.37. The Morgan fingerprint density at radius 1 is 1.24 bits per heavy atom. The summed E-state index contributed by atoms with van der Waals surface area (Å²) in [6, 6.07) is 8.20. The van der Waals surface area contributed by atoms with E-state index >= 15 is 0 Å². The van der Waals surface area contributed by atoms with Crippen molar-refractivity contribution in [2.45, 2.75) is 25.2 Å². The van der Waals surface area contributed by atoms with Crippen LogP contribution in [0.4, 0.5) is 5.69 Å². The third-order valence-corrected chi connectivity index (χ3v) is 3.80. The van der Waals surface area contributed by atoms with Crippen LogP contribution in [0.2, 0.25) is 0 Å². The number of anilines is 1. The number of rotatable bonds is 1. The number of carbonyl (C=O) groups is 1. The molecule has 1 aromatic rings. The minimum atomic E-state index is 0.0746. The summed E-state index contributed by atoms with van der Waals surface area (Å²) >= 11 is 0. The molecule has 1 N–H and O–H groups in total. The van der Waals surface area contributed by atoms with Gasteiger partial charge in [-0.15, -0.1) is 0 Å². The fourth-order valence-corrected chi connectivity index (χ4v) is 2.88. The van der Waals surface area contributed by atoms with Crippen molar-refractivity contribution < 1.29 is 4.79 Å². The molecular formula is C14H18N2O. The molecule has 0 aromatic heterocycles. The van der Waals surface area contributed by atoms with Crippen molar-refractivity contribution in [1.82, 2.24) is 4.90 Å². The topological polar surface area (TPSA) is 32.3 Å². The number of hydrogen-bond donors (Lipinski definition) is 1. The molecule has 1 saturated heterocycles. The molecule has 1 aromatic carbocycles. The van der Waals surface area contributed by atoms with Gasteiger partial charge in [-0.2, -0.15) is 0 Å². The van der Waals surface area contributed by atoms with Gasteiger partial charge in [-0.1, -0.05) is 18.2 Å². The monoisotopic (exact) mass is 230 g/mol. The van der Waals surface area contributed by atoms with Crippen molar-refractivity contribution >= 4 is 11.6 Å². The molecule has 3 rings (SSSR count). The number of amides is 1. The average molecular weight is 230 g/mol. The number of nitrogens with zero attached hydrogens (tertiary/aromatic N) is 1. The van der Waals surface area contributed by atoms with Crippen molar-refractivity contribution in [3.05, 3.63) is 29.8 Å². The van der Waals surface area contributed by atoms with E-state index in [0.717, 1.165) is 31.7 Å². The van der Waals surface area contributed by atoms with Gasteiger partial charge in [0.2, 0.25) is 5.91 Å². The number of fused-ring (bicyclic) bond motifs is 1. The van der Waals surface area contributed by atoms with E-state index in [-0.39, 0.29) is 5.92 Å². The smallest absolute Gasteiger partial charge is 0.230 e. The van der Waals surface area contributed by atoms with Gasteiger partial charge in [-0.25, -0.2) is 0 Å². The Bertz CT molecular complexity index is 424. The summed E-state index contributed by atoms with van der Waals surface area (Å²) < 4.78 is 0. The quantitative estimate of drug-likeness (QED) is 0.802. The van der Waals surface area contributed by atoms with Crippen molar-refractivity contribution in [2.75, 3.05) is 25.0 Å². The first-order valence-electron chi connectivity index (χ1n) is 6.48. The number of benzene rings is 1. The zero-order chi connectivity index (χ0) is 11.7. The van der Waals surface area contributed by atoms with E-state index in [2.05, 4.69) is 17.4 Å². The molecule has 90 valence electrons. The molecule has 3 nitrogen and oxygen atoms in total. The van der Waals surface area contributed by atoms with Crippen molar-refractivity contribution in [3.8, 4) is 0 Å². The minimum Gasteiger partial charge on any atom is -0.385 e. The van der Waals surface area contributed by atoms with Gasteiger partial charge in [-0.05, 0) is 30.9 Å². The summed E-state index contributed by atoms with van der Waals surface area (Å²) in [6.45, 7) is 2.80. The van der Waals surface area contributed by atoms with Crippen molar-refractivity contribution in [1.29, 1.82) is 0 Å². The molecule has 2 heterocycles. The predicted octanol–water partition coefficient (Wildman–Crippen LogP) is 2.21. The standard InChI is InChI=1S/C14H18N2O/c17-14(16-9-3-4-10-16)12-7-8-15-13-6-2-1-5-11(12)13/h1-2,5-6,12,15H,3-4,7-10H2. The predicted molar refractivity (Wildman–Crippen MR) is 68.1 cm³/mol. The van der Waals surface area contributed by atoms with E-state index in [4.69, 9.17) is 0 Å². The summed E-state index contributed by atoms with van der Waals surface area (Å²) in [6.07, 6.45) is 3.25. The molecule has 2 aliphatic rings. The van der Waals surface area contributed by atoms with E-state index in [1.165, 1.54) is 18.4 Å². The van der Waals surface area contributed by atoms with E-state index < -0.39 is 0 Å². The first-order valence-corrected chi connectivity index (χ1v) is 6.48. The molecule has 1 atom stereocenters. The maximum absolute atomic E-state index is 12.5. The number of carbonyl (C=O) groups excluding carboxylic acids is 1. The largest absolute Gasteiger partial charge is 0.385 e. The van der Waals surface area contributed by atoms with Gasteiger partial charge in [0.1, 0.15) is 0 Å². The maximum Gasteiger partial charge on any atom is 0.230 e. The molecule has 1 fully saturated rings. The van der Waals surface area contributed by atoms with E-state index in [9.17, 15) is 4.79 Å². The highest BCUT2D eigenvalue weighted by Gasteiger charge is 2.30. The maximum atomic E-state index is 12.5. The van der Waals surface area contributed by atoms with E-state index in [0.29, 0.717) is 5.91 Å². The van der Waals surface area contributed by atoms with E-state index in [1.807, 2.05) is 17.0 Å². The highest BCUT2D eigenvalue weighted by atomic mass is 16.2. The Morgan fingerprint density at radius 3 is 2.82 bits per heavy atom. The van der Waals surface area contributed by atoms with Crippen LogP contribution in [0.5, 0.6) is 0 Å². The van der Waals surface area contributed by atoms with Crippen molar-refractivity contribution in [2.24, 2.45) is 0 Å². The molecule has 2 aliphatic heterocycles. The number of hydrogen-bond acceptors (Lipinski definition) is 2.